The van der Waals surface area contributed by atoms with Crippen molar-refractivity contribution >= 4 is 11.9 Å². The average Bonchev–Trinajstić information content (AvgIpc) is 2.71. The molecular weight excluding hydrogens is 240 g/mol. The van der Waals surface area contributed by atoms with Crippen molar-refractivity contribution in [3.05, 3.63) is 11.4 Å². The number of hydrogen-bond donors (Lipinski definition) is 1. The van der Waals surface area contributed by atoms with Crippen molar-refractivity contribution < 1.29 is 19.4 Å². The van der Waals surface area contributed by atoms with Crippen molar-refractivity contribution in [2.45, 2.75) is 19.6 Å². The van der Waals surface area contributed by atoms with E-state index in [9.17, 15) is 9.59 Å². The van der Waals surface area contributed by atoms with E-state index >= 15 is 0 Å². The lowest BCUT2D eigenvalue weighted by atomic mass is 10.2. The normalized spacial score (nSPS) is 12.2. The van der Waals surface area contributed by atoms with Gasteiger partial charge in [0.25, 0.3) is 0 Å². The van der Waals surface area contributed by atoms with Gasteiger partial charge in [-0.05, 0) is 6.92 Å². The Morgan fingerprint density at radius 1 is 1.50 bits per heavy atom. The van der Waals surface area contributed by atoms with Crippen LogP contribution >= 0.6 is 0 Å². The summed E-state index contributed by atoms with van der Waals surface area (Å²) in [6.45, 7) is 1.65. The summed E-state index contributed by atoms with van der Waals surface area (Å²) in [5, 5.41) is 16.2. The SMILES string of the molecule is COCc1c(C(=O)O)nnn1C(C)C(=O)N(C)C. The molecule has 8 heteroatoms. The monoisotopic (exact) mass is 256 g/mol. The number of rotatable bonds is 5. The number of methoxy groups -OCH3 is 1. The quantitative estimate of drug-likeness (QED) is 0.781. The number of carbonyl (C=O) groups excluding carboxylic acids is 1. The minimum Gasteiger partial charge on any atom is -0.476 e. The van der Waals surface area contributed by atoms with E-state index in [0.29, 0.717) is 0 Å². The number of carbonyl (C=O) groups is 2. The van der Waals surface area contributed by atoms with Crippen LogP contribution < -0.4 is 0 Å². The molecule has 100 valence electrons. The van der Waals surface area contributed by atoms with E-state index in [4.69, 9.17) is 9.84 Å². The van der Waals surface area contributed by atoms with Crippen LogP contribution in [0.2, 0.25) is 0 Å². The minimum atomic E-state index is -1.20. The Morgan fingerprint density at radius 2 is 2.11 bits per heavy atom. The highest BCUT2D eigenvalue weighted by molar-refractivity contribution is 5.87. The lowest BCUT2D eigenvalue weighted by molar-refractivity contribution is -0.132. The third-order valence-corrected chi connectivity index (χ3v) is 2.44. The predicted molar refractivity (Wildman–Crippen MR) is 61.1 cm³/mol. The zero-order chi connectivity index (χ0) is 13.9. The molecule has 0 radical (unpaired) electrons. The molecular formula is C10H16N4O4. The molecule has 0 saturated heterocycles. The summed E-state index contributed by atoms with van der Waals surface area (Å²) in [6.07, 6.45) is 0. The van der Waals surface area contributed by atoms with Crippen LogP contribution in [0.1, 0.15) is 29.1 Å². The summed E-state index contributed by atoms with van der Waals surface area (Å²) in [6, 6.07) is -0.634. The molecule has 0 fully saturated rings. The Labute approximate surface area is 104 Å². The molecule has 0 aliphatic rings. The summed E-state index contributed by atoms with van der Waals surface area (Å²) in [7, 11) is 4.66. The van der Waals surface area contributed by atoms with Crippen molar-refractivity contribution in [1.29, 1.82) is 0 Å². The van der Waals surface area contributed by atoms with Crippen LogP contribution in [0.3, 0.4) is 0 Å². The van der Waals surface area contributed by atoms with Gasteiger partial charge in [0, 0.05) is 21.2 Å². The number of aromatic nitrogens is 3. The summed E-state index contributed by atoms with van der Waals surface area (Å²) in [5.74, 6) is -1.40. The number of amides is 1. The van der Waals surface area contributed by atoms with E-state index in [0.717, 1.165) is 0 Å². The Kier molecular flexibility index (Phi) is 4.38. The lowest BCUT2D eigenvalue weighted by Crippen LogP contribution is -2.31. The highest BCUT2D eigenvalue weighted by Crippen LogP contribution is 2.14. The van der Waals surface area contributed by atoms with Crippen LogP contribution in [-0.2, 0) is 16.1 Å². The molecule has 1 amide bonds. The molecule has 0 aliphatic carbocycles. The second kappa shape index (κ2) is 5.58. The molecule has 1 aromatic heterocycles. The smallest absolute Gasteiger partial charge is 0.358 e. The molecule has 1 heterocycles. The molecule has 1 unspecified atom stereocenters. The minimum absolute atomic E-state index is 0.0275. The second-order valence-corrected chi connectivity index (χ2v) is 3.98. The molecule has 1 N–H and O–H groups in total. The van der Waals surface area contributed by atoms with Crippen molar-refractivity contribution in [2.75, 3.05) is 21.2 Å². The van der Waals surface area contributed by atoms with E-state index in [1.807, 2.05) is 0 Å². The van der Waals surface area contributed by atoms with Crippen molar-refractivity contribution in [3.8, 4) is 0 Å². The fraction of sp³-hybridized carbons (Fsp3) is 0.600. The Balaban J connectivity index is 3.16. The van der Waals surface area contributed by atoms with E-state index in [2.05, 4.69) is 10.3 Å². The van der Waals surface area contributed by atoms with E-state index in [-0.39, 0.29) is 23.9 Å². The van der Waals surface area contributed by atoms with Crippen LogP contribution in [0.5, 0.6) is 0 Å². The average molecular weight is 256 g/mol. The maximum absolute atomic E-state index is 11.8. The molecule has 1 rings (SSSR count). The topological polar surface area (TPSA) is 97.5 Å². The Hall–Kier alpha value is -1.96. The summed E-state index contributed by atoms with van der Waals surface area (Å²) >= 11 is 0. The molecule has 1 atom stereocenters. The van der Waals surface area contributed by atoms with Gasteiger partial charge in [-0.3, -0.25) is 4.79 Å². The maximum Gasteiger partial charge on any atom is 0.358 e. The first-order chi connectivity index (χ1) is 8.40. The zero-order valence-electron chi connectivity index (χ0n) is 10.7. The van der Waals surface area contributed by atoms with Crippen LogP contribution in [-0.4, -0.2) is 58.1 Å². The third-order valence-electron chi connectivity index (χ3n) is 2.44. The molecule has 0 aromatic carbocycles. The van der Waals surface area contributed by atoms with Crippen molar-refractivity contribution in [3.63, 3.8) is 0 Å². The van der Waals surface area contributed by atoms with Crippen LogP contribution in [0.15, 0.2) is 0 Å². The maximum atomic E-state index is 11.8. The van der Waals surface area contributed by atoms with Gasteiger partial charge in [-0.2, -0.15) is 0 Å². The lowest BCUT2D eigenvalue weighted by Gasteiger charge is -2.18. The first kappa shape index (κ1) is 14.1. The Morgan fingerprint density at radius 3 is 2.56 bits per heavy atom. The molecule has 0 aliphatic heterocycles. The van der Waals surface area contributed by atoms with Gasteiger partial charge in [0.05, 0.1) is 6.61 Å². The largest absolute Gasteiger partial charge is 0.476 e. The summed E-state index contributed by atoms with van der Waals surface area (Å²) in [4.78, 5) is 24.2. The second-order valence-electron chi connectivity index (χ2n) is 3.98. The standard InChI is InChI=1S/C10H16N4O4/c1-6(9(15)13(2)3)14-7(5-18-4)8(10(16)17)11-12-14/h6H,5H2,1-4H3,(H,16,17). The molecule has 18 heavy (non-hydrogen) atoms. The first-order valence-corrected chi connectivity index (χ1v) is 5.27. The number of likely N-dealkylation sites (N-methyl/N-ethyl adjacent to an activating group) is 1. The van der Waals surface area contributed by atoms with Crippen LogP contribution in [0, 0.1) is 0 Å². The van der Waals surface area contributed by atoms with E-state index < -0.39 is 12.0 Å². The van der Waals surface area contributed by atoms with Gasteiger partial charge >= 0.3 is 5.97 Å². The molecule has 8 nitrogen and oxygen atoms in total. The van der Waals surface area contributed by atoms with Gasteiger partial charge in [0.1, 0.15) is 11.7 Å². The van der Waals surface area contributed by atoms with Gasteiger partial charge in [0.15, 0.2) is 5.69 Å². The summed E-state index contributed by atoms with van der Waals surface area (Å²) < 4.78 is 6.19. The van der Waals surface area contributed by atoms with Gasteiger partial charge in [-0.15, -0.1) is 5.10 Å². The number of ether oxygens (including phenoxy) is 1. The number of carboxylic acid groups (broad SMARTS) is 1. The number of nitrogens with zero attached hydrogens (tertiary/aromatic N) is 4. The van der Waals surface area contributed by atoms with Gasteiger partial charge in [0.2, 0.25) is 5.91 Å². The molecule has 1 aromatic rings. The summed E-state index contributed by atoms with van der Waals surface area (Å²) in [5.41, 5.74) is 0.0722. The highest BCUT2D eigenvalue weighted by Gasteiger charge is 2.25. The van der Waals surface area contributed by atoms with Gasteiger partial charge < -0.3 is 14.7 Å². The highest BCUT2D eigenvalue weighted by atomic mass is 16.5. The van der Waals surface area contributed by atoms with Gasteiger partial charge in [-0.25, -0.2) is 9.48 Å². The van der Waals surface area contributed by atoms with Crippen molar-refractivity contribution in [2.24, 2.45) is 0 Å². The first-order valence-electron chi connectivity index (χ1n) is 5.27. The Bertz CT molecular complexity index is 455. The van der Waals surface area contributed by atoms with Gasteiger partial charge in [-0.1, -0.05) is 5.21 Å². The van der Waals surface area contributed by atoms with E-state index in [1.54, 1.807) is 21.0 Å². The fourth-order valence-electron chi connectivity index (χ4n) is 1.54. The third kappa shape index (κ3) is 2.65. The molecule has 0 saturated carbocycles. The predicted octanol–water partition coefficient (Wildman–Crippen LogP) is -0.228. The van der Waals surface area contributed by atoms with Crippen LogP contribution in [0.4, 0.5) is 0 Å². The number of carboxylic acids is 1. The van der Waals surface area contributed by atoms with Crippen molar-refractivity contribution in [1.82, 2.24) is 19.9 Å². The number of hydrogen-bond acceptors (Lipinski definition) is 5. The number of aromatic carboxylic acids is 1. The molecule has 0 spiro atoms. The fourth-order valence-corrected chi connectivity index (χ4v) is 1.54. The van der Waals surface area contributed by atoms with Crippen LogP contribution in [0.25, 0.3) is 0 Å². The molecule has 0 bridgehead atoms. The zero-order valence-corrected chi connectivity index (χ0v) is 10.7. The van der Waals surface area contributed by atoms with E-state index in [1.165, 1.54) is 16.7 Å².